The first-order valence-electron chi connectivity index (χ1n) is 1.11. The molecule has 4 heteroatoms. The predicted octanol–water partition coefficient (Wildman–Crippen LogP) is -0.101. The van der Waals surface area contributed by atoms with E-state index in [-0.39, 0.29) is 0 Å². The molecule has 0 rings (SSSR count). The number of carbonyl (C=O) groups is 2. The maximum absolute atomic E-state index is 9.58. The summed E-state index contributed by atoms with van der Waals surface area (Å²) >= 11 is 6.26. The van der Waals surface area contributed by atoms with Crippen LogP contribution in [-0.4, -0.2) is 10.2 Å². The Hall–Kier alpha value is 0.0400. The lowest BCUT2D eigenvalue weighted by Gasteiger charge is -1.71. The molecule has 0 saturated carbocycles. The summed E-state index contributed by atoms with van der Waals surface area (Å²) in [7, 11) is 0. The molecule has 6 heavy (non-hydrogen) atoms. The van der Waals surface area contributed by atoms with Crippen LogP contribution in [0.3, 0.4) is 0 Å². The molecule has 0 aliphatic heterocycles. The number of hydrogen-bond donors (Lipinski definition) is 2. The van der Waals surface area contributed by atoms with Crippen molar-refractivity contribution in [2.75, 3.05) is 0 Å². The van der Waals surface area contributed by atoms with Crippen molar-refractivity contribution in [3.05, 3.63) is 0 Å². The molecule has 0 saturated heterocycles. The summed E-state index contributed by atoms with van der Waals surface area (Å²) in [5.41, 5.74) is 0. The van der Waals surface area contributed by atoms with Gasteiger partial charge in [-0.3, -0.25) is 9.59 Å². The SMILES string of the molecule is O=C(S)C(=O)S. The van der Waals surface area contributed by atoms with E-state index in [1.54, 1.807) is 0 Å². The van der Waals surface area contributed by atoms with E-state index in [0.717, 1.165) is 0 Å². The first-order chi connectivity index (χ1) is 2.64. The van der Waals surface area contributed by atoms with Crippen LogP contribution < -0.4 is 0 Å². The molecule has 0 heterocycles. The minimum atomic E-state index is -0.821. The molecule has 34 valence electrons. The van der Waals surface area contributed by atoms with Crippen molar-refractivity contribution in [1.29, 1.82) is 0 Å². The first kappa shape index (κ1) is 6.04. The topological polar surface area (TPSA) is 34.1 Å². The smallest absolute Gasteiger partial charge is 0.262 e. The van der Waals surface area contributed by atoms with Crippen LogP contribution in [0.15, 0.2) is 0 Å². The van der Waals surface area contributed by atoms with Gasteiger partial charge < -0.3 is 0 Å². The highest BCUT2D eigenvalue weighted by molar-refractivity contribution is 8.09. The summed E-state index contributed by atoms with van der Waals surface area (Å²) in [5, 5.41) is -1.64. The van der Waals surface area contributed by atoms with Crippen molar-refractivity contribution >= 4 is 35.5 Å². The second-order valence-electron chi connectivity index (χ2n) is 0.610. The first-order valence-corrected chi connectivity index (χ1v) is 2.00. The summed E-state index contributed by atoms with van der Waals surface area (Å²) in [6.07, 6.45) is 0. The molecule has 0 bridgehead atoms. The molecule has 0 aliphatic carbocycles. The highest BCUT2D eigenvalue weighted by Gasteiger charge is 1.97. The third kappa shape index (κ3) is 2.29. The second-order valence-corrected chi connectivity index (χ2v) is 1.42. The van der Waals surface area contributed by atoms with Gasteiger partial charge in [-0.05, 0) is 0 Å². The molecule has 0 spiro atoms. The highest BCUT2D eigenvalue weighted by Crippen LogP contribution is 1.83. The molecule has 0 aliphatic rings. The van der Waals surface area contributed by atoms with Gasteiger partial charge in [-0.15, -0.1) is 0 Å². The van der Waals surface area contributed by atoms with Gasteiger partial charge >= 0.3 is 0 Å². The van der Waals surface area contributed by atoms with E-state index in [0.29, 0.717) is 0 Å². The number of thiol groups is 2. The standard InChI is InChI=1S/C2H2O2S2/c3-1(5)2(4)6/h(H,3,5)(H,4,6). The molecular weight excluding hydrogens is 120 g/mol. The maximum Gasteiger partial charge on any atom is 0.262 e. The molecule has 0 unspecified atom stereocenters. The normalized spacial score (nSPS) is 7.67. The van der Waals surface area contributed by atoms with E-state index in [2.05, 4.69) is 25.3 Å². The zero-order valence-electron chi connectivity index (χ0n) is 2.71. The van der Waals surface area contributed by atoms with Gasteiger partial charge in [0.05, 0.1) is 0 Å². The Bertz CT molecular complexity index is 75.5. The van der Waals surface area contributed by atoms with Crippen LogP contribution in [0, 0.1) is 0 Å². The van der Waals surface area contributed by atoms with Crippen LogP contribution in [0.2, 0.25) is 0 Å². The molecule has 0 N–H and O–H groups in total. The van der Waals surface area contributed by atoms with Crippen molar-refractivity contribution in [3.63, 3.8) is 0 Å². The highest BCUT2D eigenvalue weighted by atomic mass is 32.1. The van der Waals surface area contributed by atoms with Crippen molar-refractivity contribution in [3.8, 4) is 0 Å². The summed E-state index contributed by atoms with van der Waals surface area (Å²) in [6.45, 7) is 0. The lowest BCUT2D eigenvalue weighted by molar-refractivity contribution is -0.126. The maximum atomic E-state index is 9.58. The van der Waals surface area contributed by atoms with E-state index in [1.165, 1.54) is 0 Å². The molecule has 0 fully saturated rings. The van der Waals surface area contributed by atoms with Gasteiger partial charge in [-0.2, -0.15) is 0 Å². The van der Waals surface area contributed by atoms with Crippen LogP contribution in [0.4, 0.5) is 0 Å². The lowest BCUT2D eigenvalue weighted by Crippen LogP contribution is -1.94. The van der Waals surface area contributed by atoms with Gasteiger partial charge in [0.1, 0.15) is 0 Å². The molecule has 0 aromatic rings. The molecule has 0 atom stereocenters. The Morgan fingerprint density at radius 3 is 1.17 bits per heavy atom. The number of rotatable bonds is 1. The van der Waals surface area contributed by atoms with Gasteiger partial charge in [0.15, 0.2) is 0 Å². The van der Waals surface area contributed by atoms with E-state index in [4.69, 9.17) is 0 Å². The fourth-order valence-electron chi connectivity index (χ4n) is 0. The van der Waals surface area contributed by atoms with E-state index in [9.17, 15) is 9.59 Å². The summed E-state index contributed by atoms with van der Waals surface area (Å²) in [4.78, 5) is 19.2. The Kier molecular flexibility index (Phi) is 2.27. The van der Waals surface area contributed by atoms with Crippen LogP contribution in [-0.2, 0) is 9.59 Å². The third-order valence-electron chi connectivity index (χ3n) is 0.183. The van der Waals surface area contributed by atoms with E-state index >= 15 is 0 Å². The van der Waals surface area contributed by atoms with Crippen LogP contribution in [0.25, 0.3) is 0 Å². The van der Waals surface area contributed by atoms with Crippen molar-refractivity contribution in [1.82, 2.24) is 0 Å². The van der Waals surface area contributed by atoms with Crippen LogP contribution in [0.1, 0.15) is 0 Å². The van der Waals surface area contributed by atoms with E-state index < -0.39 is 10.2 Å². The minimum Gasteiger partial charge on any atom is -0.277 e. The van der Waals surface area contributed by atoms with Crippen molar-refractivity contribution in [2.45, 2.75) is 0 Å². The quantitative estimate of drug-likeness (QED) is 0.376. The summed E-state index contributed by atoms with van der Waals surface area (Å²) < 4.78 is 0. The predicted molar refractivity (Wildman–Crippen MR) is 28.0 cm³/mol. The fourth-order valence-corrected chi connectivity index (χ4v) is 0. The lowest BCUT2D eigenvalue weighted by atomic mass is 10.9. The van der Waals surface area contributed by atoms with Gasteiger partial charge in [0.25, 0.3) is 10.2 Å². The average molecular weight is 122 g/mol. The van der Waals surface area contributed by atoms with Crippen LogP contribution >= 0.6 is 25.3 Å². The molecule has 0 aromatic carbocycles. The Morgan fingerprint density at radius 1 is 1.00 bits per heavy atom. The van der Waals surface area contributed by atoms with Gasteiger partial charge in [-0.1, -0.05) is 25.3 Å². The van der Waals surface area contributed by atoms with Gasteiger partial charge in [-0.25, -0.2) is 0 Å². The van der Waals surface area contributed by atoms with Crippen LogP contribution in [0.5, 0.6) is 0 Å². The third-order valence-corrected chi connectivity index (χ3v) is 0.766. The van der Waals surface area contributed by atoms with E-state index in [1.807, 2.05) is 0 Å². The molecule has 0 radical (unpaired) electrons. The Balaban J connectivity index is 3.57. The number of carbonyl (C=O) groups excluding carboxylic acids is 2. The Morgan fingerprint density at radius 2 is 1.17 bits per heavy atom. The van der Waals surface area contributed by atoms with Crippen molar-refractivity contribution in [2.24, 2.45) is 0 Å². The van der Waals surface area contributed by atoms with Gasteiger partial charge in [0.2, 0.25) is 0 Å². The fraction of sp³-hybridized carbons (Fsp3) is 0. The molecule has 0 aromatic heterocycles. The number of hydrogen-bond acceptors (Lipinski definition) is 2. The second kappa shape index (κ2) is 2.25. The summed E-state index contributed by atoms with van der Waals surface area (Å²) in [5.74, 6) is 0. The minimum absolute atomic E-state index is 0.821. The zero-order valence-corrected chi connectivity index (χ0v) is 4.50. The van der Waals surface area contributed by atoms with Crippen molar-refractivity contribution < 1.29 is 9.59 Å². The average Bonchev–Trinajstić information content (AvgIpc) is 1.36. The molecular formula is C2H2O2S2. The monoisotopic (exact) mass is 122 g/mol. The molecule has 2 nitrogen and oxygen atoms in total. The molecule has 0 amide bonds. The Labute approximate surface area is 45.7 Å². The summed E-state index contributed by atoms with van der Waals surface area (Å²) in [6, 6.07) is 0. The zero-order chi connectivity index (χ0) is 5.15. The van der Waals surface area contributed by atoms with Gasteiger partial charge in [0, 0.05) is 0 Å². The largest absolute Gasteiger partial charge is 0.277 e.